The molecule has 0 saturated carbocycles. The Morgan fingerprint density at radius 2 is 1.43 bits per heavy atom. The minimum Gasteiger partial charge on any atom is -0.260 e. The summed E-state index contributed by atoms with van der Waals surface area (Å²) in [6.45, 7) is 2.05. The van der Waals surface area contributed by atoms with Gasteiger partial charge >= 0.3 is 0 Å². The van der Waals surface area contributed by atoms with Crippen LogP contribution in [0.4, 0.5) is 8.78 Å². The molecule has 0 atom stereocenters. The fraction of sp³-hybridized carbons (Fsp3) is 0.150. The molecule has 0 N–H and O–H groups in total. The average Bonchev–Trinajstić information content (AvgIpc) is 2.58. The van der Waals surface area contributed by atoms with Crippen LogP contribution in [-0.4, -0.2) is 4.98 Å². The molecule has 1 aromatic heterocycles. The topological polar surface area (TPSA) is 12.9 Å². The summed E-state index contributed by atoms with van der Waals surface area (Å²) >= 11 is 0. The molecule has 3 heteroatoms. The molecular weight excluding hydrogens is 292 g/mol. The monoisotopic (exact) mass is 309 g/mol. The standard InChI is InChI=1S/C20H17F2N/c1-2-20-19(16-5-9-18(22)10-6-16)12-15(13-23-20)11-14-3-7-17(21)8-4-14/h3-10,12-13H,2,11H2,1H3. The summed E-state index contributed by atoms with van der Waals surface area (Å²) in [5.41, 5.74) is 5.04. The van der Waals surface area contributed by atoms with Crippen molar-refractivity contribution in [3.63, 3.8) is 0 Å². The van der Waals surface area contributed by atoms with E-state index in [1.165, 1.54) is 24.3 Å². The van der Waals surface area contributed by atoms with Gasteiger partial charge in [0.05, 0.1) is 0 Å². The molecule has 1 heterocycles. The minimum absolute atomic E-state index is 0.236. The summed E-state index contributed by atoms with van der Waals surface area (Å²) in [6, 6.07) is 15.0. The van der Waals surface area contributed by atoms with Gasteiger partial charge in [-0.25, -0.2) is 8.78 Å². The maximum Gasteiger partial charge on any atom is 0.123 e. The zero-order chi connectivity index (χ0) is 16.2. The molecule has 0 spiro atoms. The number of aromatic nitrogens is 1. The lowest BCUT2D eigenvalue weighted by molar-refractivity contribution is 0.627. The summed E-state index contributed by atoms with van der Waals surface area (Å²) in [6.07, 6.45) is 3.35. The van der Waals surface area contributed by atoms with Gasteiger partial charge in [-0.15, -0.1) is 0 Å². The van der Waals surface area contributed by atoms with E-state index in [-0.39, 0.29) is 11.6 Å². The van der Waals surface area contributed by atoms with Crippen molar-refractivity contribution in [2.24, 2.45) is 0 Å². The zero-order valence-electron chi connectivity index (χ0n) is 12.9. The van der Waals surface area contributed by atoms with Crippen LogP contribution >= 0.6 is 0 Å². The highest BCUT2D eigenvalue weighted by Crippen LogP contribution is 2.25. The molecule has 23 heavy (non-hydrogen) atoms. The molecule has 0 aliphatic rings. The van der Waals surface area contributed by atoms with E-state index in [2.05, 4.69) is 18.0 Å². The van der Waals surface area contributed by atoms with Gasteiger partial charge in [-0.1, -0.05) is 31.2 Å². The van der Waals surface area contributed by atoms with Gasteiger partial charge in [0, 0.05) is 17.5 Å². The molecule has 2 aromatic carbocycles. The van der Waals surface area contributed by atoms with Crippen LogP contribution < -0.4 is 0 Å². The molecule has 0 aliphatic heterocycles. The number of benzene rings is 2. The minimum atomic E-state index is -0.248. The molecule has 0 saturated heterocycles. The second-order valence-corrected chi connectivity index (χ2v) is 5.50. The predicted molar refractivity (Wildman–Crippen MR) is 88.2 cm³/mol. The first-order valence-corrected chi connectivity index (χ1v) is 7.64. The average molecular weight is 309 g/mol. The first-order chi connectivity index (χ1) is 11.2. The van der Waals surface area contributed by atoms with Crippen LogP contribution in [-0.2, 0) is 12.8 Å². The van der Waals surface area contributed by atoms with Crippen LogP contribution in [0.25, 0.3) is 11.1 Å². The van der Waals surface area contributed by atoms with Crippen LogP contribution in [0.3, 0.4) is 0 Å². The Morgan fingerprint density at radius 1 is 0.826 bits per heavy atom. The largest absolute Gasteiger partial charge is 0.260 e. The fourth-order valence-corrected chi connectivity index (χ4v) is 2.63. The lowest BCUT2D eigenvalue weighted by Crippen LogP contribution is -1.97. The van der Waals surface area contributed by atoms with E-state index in [9.17, 15) is 8.78 Å². The summed E-state index contributed by atoms with van der Waals surface area (Å²) in [7, 11) is 0. The van der Waals surface area contributed by atoms with Crippen molar-refractivity contribution < 1.29 is 8.78 Å². The molecule has 3 rings (SSSR count). The van der Waals surface area contributed by atoms with Crippen LogP contribution in [0.15, 0.2) is 60.8 Å². The molecule has 0 amide bonds. The molecule has 1 nitrogen and oxygen atoms in total. The first kappa shape index (κ1) is 15.3. The normalized spacial score (nSPS) is 10.7. The van der Waals surface area contributed by atoms with Crippen LogP contribution in [0, 0.1) is 11.6 Å². The Labute approximate surface area is 134 Å². The third kappa shape index (κ3) is 3.62. The molecule has 3 aromatic rings. The fourth-order valence-electron chi connectivity index (χ4n) is 2.63. The maximum atomic E-state index is 13.1. The van der Waals surface area contributed by atoms with Crippen molar-refractivity contribution in [3.8, 4) is 11.1 Å². The number of hydrogen-bond donors (Lipinski definition) is 0. The summed E-state index contributed by atoms with van der Waals surface area (Å²) < 4.78 is 26.1. The lowest BCUT2D eigenvalue weighted by Gasteiger charge is -2.10. The van der Waals surface area contributed by atoms with Crippen molar-refractivity contribution in [2.45, 2.75) is 19.8 Å². The lowest BCUT2D eigenvalue weighted by atomic mass is 9.98. The highest BCUT2D eigenvalue weighted by atomic mass is 19.1. The van der Waals surface area contributed by atoms with Crippen molar-refractivity contribution in [1.29, 1.82) is 0 Å². The van der Waals surface area contributed by atoms with Gasteiger partial charge in [-0.2, -0.15) is 0 Å². The molecule has 0 aliphatic carbocycles. The van der Waals surface area contributed by atoms with Crippen molar-refractivity contribution in [1.82, 2.24) is 4.98 Å². The third-order valence-electron chi connectivity index (χ3n) is 3.84. The van der Waals surface area contributed by atoms with Crippen molar-refractivity contribution in [2.75, 3.05) is 0 Å². The van der Waals surface area contributed by atoms with Crippen molar-refractivity contribution >= 4 is 0 Å². The smallest absolute Gasteiger partial charge is 0.123 e. The van der Waals surface area contributed by atoms with Crippen molar-refractivity contribution in [3.05, 3.63) is 89.2 Å². The van der Waals surface area contributed by atoms with Gasteiger partial charge in [-0.3, -0.25) is 4.98 Å². The van der Waals surface area contributed by atoms with E-state index in [1.54, 1.807) is 24.3 Å². The summed E-state index contributed by atoms with van der Waals surface area (Å²) in [5.74, 6) is -0.484. The second-order valence-electron chi connectivity index (χ2n) is 5.50. The number of aryl methyl sites for hydroxylation is 1. The third-order valence-corrected chi connectivity index (χ3v) is 3.84. The second kappa shape index (κ2) is 6.69. The predicted octanol–water partition coefficient (Wildman–Crippen LogP) is 5.18. The molecule has 0 radical (unpaired) electrons. The Bertz CT molecular complexity index is 793. The number of pyridine rings is 1. The van der Waals surface area contributed by atoms with E-state index in [1.807, 2.05) is 6.20 Å². The van der Waals surface area contributed by atoms with E-state index in [0.29, 0.717) is 6.42 Å². The molecule has 0 bridgehead atoms. The highest BCUT2D eigenvalue weighted by Gasteiger charge is 2.08. The Hall–Kier alpha value is -2.55. The van der Waals surface area contributed by atoms with Crippen LogP contribution in [0.5, 0.6) is 0 Å². The van der Waals surface area contributed by atoms with Gasteiger partial charge in [-0.05, 0) is 59.9 Å². The first-order valence-electron chi connectivity index (χ1n) is 7.64. The number of nitrogens with zero attached hydrogens (tertiary/aromatic N) is 1. The quantitative estimate of drug-likeness (QED) is 0.647. The van der Waals surface area contributed by atoms with E-state index >= 15 is 0 Å². The molecule has 116 valence electrons. The SMILES string of the molecule is CCc1ncc(Cc2ccc(F)cc2)cc1-c1ccc(F)cc1. The molecule has 0 fully saturated rings. The van der Waals surface area contributed by atoms with Gasteiger partial charge < -0.3 is 0 Å². The molecular formula is C20H17F2N. The number of halogens is 2. The zero-order valence-corrected chi connectivity index (χ0v) is 12.9. The van der Waals surface area contributed by atoms with E-state index in [0.717, 1.165) is 34.4 Å². The van der Waals surface area contributed by atoms with Gasteiger partial charge in [0.15, 0.2) is 0 Å². The number of hydrogen-bond acceptors (Lipinski definition) is 1. The highest BCUT2D eigenvalue weighted by molar-refractivity contribution is 5.66. The number of rotatable bonds is 4. The Balaban J connectivity index is 1.95. The van der Waals surface area contributed by atoms with Crippen LogP contribution in [0.2, 0.25) is 0 Å². The van der Waals surface area contributed by atoms with E-state index in [4.69, 9.17) is 0 Å². The Morgan fingerprint density at radius 3 is 2.04 bits per heavy atom. The van der Waals surface area contributed by atoms with Crippen LogP contribution in [0.1, 0.15) is 23.7 Å². The van der Waals surface area contributed by atoms with E-state index < -0.39 is 0 Å². The molecule has 0 unspecified atom stereocenters. The summed E-state index contributed by atoms with van der Waals surface area (Å²) in [4.78, 5) is 4.54. The van der Waals surface area contributed by atoms with Gasteiger partial charge in [0.25, 0.3) is 0 Å². The summed E-state index contributed by atoms with van der Waals surface area (Å²) in [5, 5.41) is 0. The maximum absolute atomic E-state index is 13.1. The van der Waals surface area contributed by atoms with Gasteiger partial charge in [0.1, 0.15) is 11.6 Å². The van der Waals surface area contributed by atoms with Gasteiger partial charge in [0.2, 0.25) is 0 Å². The Kier molecular flexibility index (Phi) is 4.47.